The van der Waals surface area contributed by atoms with Gasteiger partial charge in [-0.25, -0.2) is 4.79 Å². The number of methoxy groups -OCH3 is 1. The minimum Gasteiger partial charge on any atom is -0.465 e. The lowest BCUT2D eigenvalue weighted by Gasteiger charge is -2.13. The van der Waals surface area contributed by atoms with Gasteiger partial charge >= 0.3 is 11.5 Å². The number of esters is 1. The first-order valence-corrected chi connectivity index (χ1v) is 6.14. The molecule has 0 radical (unpaired) electrons. The zero-order chi connectivity index (χ0) is 14.6. The van der Waals surface area contributed by atoms with Crippen molar-refractivity contribution >= 4 is 29.3 Å². The topological polar surface area (TPSA) is 50.1 Å². The van der Waals surface area contributed by atoms with E-state index in [1.807, 2.05) is 0 Å². The zero-order valence-corrected chi connectivity index (χ0v) is 11.1. The number of carbonyl (C=O) groups excluding carboxylic acids is 1. The monoisotopic (exact) mass is 309 g/mol. The Bertz CT molecular complexity index is 540. The molecule has 3 nitrogen and oxygen atoms in total. The number of thioether (sulfide) groups is 1. The summed E-state index contributed by atoms with van der Waals surface area (Å²) >= 11 is 5.11. The van der Waals surface area contributed by atoms with Gasteiger partial charge in [0.05, 0.1) is 24.3 Å². The number of nitriles is 1. The molecule has 0 spiro atoms. The van der Waals surface area contributed by atoms with Crippen molar-refractivity contribution in [3.8, 4) is 6.07 Å². The zero-order valence-electron chi connectivity index (χ0n) is 9.55. The molecule has 0 bridgehead atoms. The predicted octanol–water partition coefficient (Wildman–Crippen LogP) is 3.70. The molecule has 1 aromatic rings. The van der Waals surface area contributed by atoms with E-state index in [9.17, 15) is 18.0 Å². The van der Waals surface area contributed by atoms with Crippen molar-refractivity contribution in [2.75, 3.05) is 7.11 Å². The van der Waals surface area contributed by atoms with Crippen molar-refractivity contribution in [3.05, 3.63) is 28.8 Å². The summed E-state index contributed by atoms with van der Waals surface area (Å²) in [4.78, 5) is 11.2. The second-order valence-corrected chi connectivity index (χ2v) is 4.64. The SMILES string of the molecule is COC(=O)c1cc(C#N)cc(CCl)c1SC(F)(F)F. The minimum absolute atomic E-state index is 0.0441. The van der Waals surface area contributed by atoms with E-state index in [0.29, 0.717) is 0 Å². The van der Waals surface area contributed by atoms with Gasteiger partial charge in [0.25, 0.3) is 0 Å². The lowest BCUT2D eigenvalue weighted by Crippen LogP contribution is -2.09. The summed E-state index contributed by atoms with van der Waals surface area (Å²) in [5, 5.41) is 8.79. The molecule has 8 heteroatoms. The Labute approximate surface area is 116 Å². The van der Waals surface area contributed by atoms with Crippen LogP contribution in [0.5, 0.6) is 0 Å². The first kappa shape index (κ1) is 15.7. The average molecular weight is 310 g/mol. The number of ether oxygens (including phenoxy) is 1. The third kappa shape index (κ3) is 4.04. The van der Waals surface area contributed by atoms with Gasteiger partial charge in [-0.05, 0) is 29.5 Å². The van der Waals surface area contributed by atoms with Crippen LogP contribution in [-0.4, -0.2) is 18.6 Å². The summed E-state index contributed by atoms with van der Waals surface area (Å²) in [6.07, 6.45) is 0. The van der Waals surface area contributed by atoms with E-state index in [4.69, 9.17) is 16.9 Å². The first-order valence-electron chi connectivity index (χ1n) is 4.79. The number of halogens is 4. The molecule has 0 amide bonds. The lowest BCUT2D eigenvalue weighted by molar-refractivity contribution is -0.0328. The number of benzene rings is 1. The van der Waals surface area contributed by atoms with Crippen LogP contribution in [0.2, 0.25) is 0 Å². The van der Waals surface area contributed by atoms with E-state index in [-0.39, 0.29) is 27.5 Å². The third-order valence-electron chi connectivity index (χ3n) is 2.06. The van der Waals surface area contributed by atoms with Crippen LogP contribution in [0.4, 0.5) is 13.2 Å². The largest absolute Gasteiger partial charge is 0.465 e. The summed E-state index contributed by atoms with van der Waals surface area (Å²) in [7, 11) is 1.05. The van der Waals surface area contributed by atoms with Crippen LogP contribution < -0.4 is 0 Å². The quantitative estimate of drug-likeness (QED) is 0.485. The van der Waals surface area contributed by atoms with Gasteiger partial charge in [-0.15, -0.1) is 11.6 Å². The van der Waals surface area contributed by atoms with Gasteiger partial charge in [0.2, 0.25) is 0 Å². The average Bonchev–Trinajstić information content (AvgIpc) is 2.36. The summed E-state index contributed by atoms with van der Waals surface area (Å²) in [5.74, 6) is -1.20. The highest BCUT2D eigenvalue weighted by Crippen LogP contribution is 2.41. The fourth-order valence-corrected chi connectivity index (χ4v) is 2.39. The van der Waals surface area contributed by atoms with E-state index in [2.05, 4.69) is 4.74 Å². The number of alkyl halides is 4. The Morgan fingerprint density at radius 2 is 2.16 bits per heavy atom. The molecule has 0 aromatic heterocycles. The molecule has 0 heterocycles. The van der Waals surface area contributed by atoms with E-state index >= 15 is 0 Å². The van der Waals surface area contributed by atoms with E-state index in [0.717, 1.165) is 13.2 Å². The Balaban J connectivity index is 3.47. The maximum atomic E-state index is 12.5. The van der Waals surface area contributed by atoms with Crippen molar-refractivity contribution in [2.24, 2.45) is 0 Å². The van der Waals surface area contributed by atoms with Crippen LogP contribution in [0.3, 0.4) is 0 Å². The van der Waals surface area contributed by atoms with Crippen LogP contribution in [0.25, 0.3) is 0 Å². The van der Waals surface area contributed by atoms with Crippen molar-refractivity contribution in [3.63, 3.8) is 0 Å². The summed E-state index contributed by atoms with van der Waals surface area (Å²) in [6.45, 7) is 0. The van der Waals surface area contributed by atoms with E-state index < -0.39 is 23.2 Å². The standard InChI is InChI=1S/C11H7ClF3NO2S/c1-18-10(17)8-3-6(5-16)2-7(4-12)9(8)19-11(13,14)15/h2-3H,4H2,1H3. The fraction of sp³-hybridized carbons (Fsp3) is 0.273. The summed E-state index contributed by atoms with van der Waals surface area (Å²) in [6, 6.07) is 4.02. The number of hydrogen-bond acceptors (Lipinski definition) is 4. The van der Waals surface area contributed by atoms with E-state index in [1.54, 1.807) is 6.07 Å². The summed E-state index contributed by atoms with van der Waals surface area (Å²) < 4.78 is 41.9. The normalized spacial score (nSPS) is 10.9. The highest BCUT2D eigenvalue weighted by atomic mass is 35.5. The lowest BCUT2D eigenvalue weighted by atomic mass is 10.1. The molecule has 0 aliphatic carbocycles. The highest BCUT2D eigenvalue weighted by molar-refractivity contribution is 8.00. The van der Waals surface area contributed by atoms with Gasteiger partial charge in [0.15, 0.2) is 0 Å². The van der Waals surface area contributed by atoms with Crippen LogP contribution in [-0.2, 0) is 10.6 Å². The van der Waals surface area contributed by atoms with Gasteiger partial charge in [-0.2, -0.15) is 18.4 Å². The number of hydrogen-bond donors (Lipinski definition) is 0. The molecule has 0 aliphatic heterocycles. The Hall–Kier alpha value is -1.39. The van der Waals surface area contributed by atoms with Crippen LogP contribution >= 0.6 is 23.4 Å². The molecule has 102 valence electrons. The molecule has 0 saturated heterocycles. The Morgan fingerprint density at radius 1 is 1.53 bits per heavy atom. The van der Waals surface area contributed by atoms with Gasteiger partial charge < -0.3 is 4.74 Å². The van der Waals surface area contributed by atoms with Crippen LogP contribution in [0.15, 0.2) is 17.0 Å². The van der Waals surface area contributed by atoms with Crippen molar-refractivity contribution in [2.45, 2.75) is 16.3 Å². The van der Waals surface area contributed by atoms with Crippen LogP contribution in [0, 0.1) is 11.3 Å². The number of rotatable bonds is 3. The molecular formula is C11H7ClF3NO2S. The third-order valence-corrected chi connectivity index (χ3v) is 3.27. The van der Waals surface area contributed by atoms with Crippen molar-refractivity contribution < 1.29 is 22.7 Å². The van der Waals surface area contributed by atoms with Gasteiger partial charge in [0, 0.05) is 10.8 Å². The molecule has 0 unspecified atom stereocenters. The summed E-state index contributed by atoms with van der Waals surface area (Å²) in [5.41, 5.74) is -4.79. The second kappa shape index (κ2) is 6.17. The smallest absolute Gasteiger partial charge is 0.446 e. The second-order valence-electron chi connectivity index (χ2n) is 3.30. The van der Waals surface area contributed by atoms with Gasteiger partial charge in [-0.1, -0.05) is 0 Å². The molecule has 19 heavy (non-hydrogen) atoms. The Morgan fingerprint density at radius 3 is 2.58 bits per heavy atom. The first-order chi connectivity index (χ1) is 8.82. The van der Waals surface area contributed by atoms with Crippen molar-refractivity contribution in [1.82, 2.24) is 0 Å². The van der Waals surface area contributed by atoms with Crippen LogP contribution in [0.1, 0.15) is 21.5 Å². The number of nitrogens with zero attached hydrogens (tertiary/aromatic N) is 1. The number of carbonyl (C=O) groups is 1. The highest BCUT2D eigenvalue weighted by Gasteiger charge is 2.33. The van der Waals surface area contributed by atoms with Gasteiger partial charge in [0.1, 0.15) is 0 Å². The maximum Gasteiger partial charge on any atom is 0.446 e. The Kier molecular flexibility index (Phi) is 5.09. The molecule has 1 rings (SSSR count). The molecule has 0 atom stereocenters. The predicted molar refractivity (Wildman–Crippen MR) is 64.0 cm³/mol. The molecule has 0 N–H and O–H groups in total. The molecule has 0 fully saturated rings. The molecule has 0 saturated carbocycles. The minimum atomic E-state index is -4.57. The van der Waals surface area contributed by atoms with Crippen molar-refractivity contribution in [1.29, 1.82) is 5.26 Å². The molecule has 1 aromatic carbocycles. The molecular weight excluding hydrogens is 303 g/mol. The fourth-order valence-electron chi connectivity index (χ4n) is 1.35. The van der Waals surface area contributed by atoms with E-state index in [1.165, 1.54) is 6.07 Å². The van der Waals surface area contributed by atoms with Gasteiger partial charge in [-0.3, -0.25) is 0 Å². The molecule has 0 aliphatic rings. The maximum absolute atomic E-state index is 12.5.